The van der Waals surface area contributed by atoms with E-state index in [1.807, 2.05) is 18.3 Å². The first-order valence-corrected chi connectivity index (χ1v) is 8.82. The van der Waals surface area contributed by atoms with Crippen molar-refractivity contribution in [1.82, 2.24) is 15.2 Å². The molecule has 3 heterocycles. The lowest BCUT2D eigenvalue weighted by Crippen LogP contribution is -1.77. The molecule has 3 aromatic heterocycles. The molecule has 4 nitrogen and oxygen atoms in total. The van der Waals surface area contributed by atoms with Gasteiger partial charge in [-0.1, -0.05) is 25.1 Å². The van der Waals surface area contributed by atoms with Crippen LogP contribution in [0.15, 0.2) is 40.8 Å². The molecule has 5 rings (SSSR count). The summed E-state index contributed by atoms with van der Waals surface area (Å²) in [6.45, 7) is 4.19. The van der Waals surface area contributed by atoms with E-state index < -0.39 is 0 Å². The standard InChI is InChI=1S/C19H15N3OS/c1-3-17-21-22-19(23-17)15-8-12-10(2)18-13(9-14(12)20-15)11-6-4-5-7-16(11)24-18/h4-9,20H,3H2,1-2H3. The summed E-state index contributed by atoms with van der Waals surface area (Å²) in [5.74, 6) is 1.21. The SMILES string of the molecule is CCc1nnc(-c2cc3c(C)c4sc5ccccc5c4cc3[nH]2)o1. The van der Waals surface area contributed by atoms with Gasteiger partial charge in [-0.2, -0.15) is 0 Å². The van der Waals surface area contributed by atoms with Gasteiger partial charge in [-0.05, 0) is 30.7 Å². The molecule has 0 aliphatic carbocycles. The van der Waals surface area contributed by atoms with Crippen LogP contribution in [0, 0.1) is 6.92 Å². The fourth-order valence-electron chi connectivity index (χ4n) is 3.27. The summed E-state index contributed by atoms with van der Waals surface area (Å²) in [7, 11) is 0. The molecule has 0 amide bonds. The topological polar surface area (TPSA) is 54.7 Å². The molecular weight excluding hydrogens is 318 g/mol. The van der Waals surface area contributed by atoms with Crippen LogP contribution in [0.2, 0.25) is 0 Å². The number of nitrogens with zero attached hydrogens (tertiary/aromatic N) is 2. The van der Waals surface area contributed by atoms with Crippen molar-refractivity contribution in [2.24, 2.45) is 0 Å². The van der Waals surface area contributed by atoms with Crippen LogP contribution < -0.4 is 0 Å². The predicted molar refractivity (Wildman–Crippen MR) is 98.6 cm³/mol. The molecule has 0 unspecified atom stereocenters. The van der Waals surface area contributed by atoms with Gasteiger partial charge in [0.25, 0.3) is 5.89 Å². The number of hydrogen-bond donors (Lipinski definition) is 1. The smallest absolute Gasteiger partial charge is 0.264 e. The van der Waals surface area contributed by atoms with E-state index >= 15 is 0 Å². The molecule has 0 bridgehead atoms. The fraction of sp³-hybridized carbons (Fsp3) is 0.158. The number of fused-ring (bicyclic) bond motifs is 4. The van der Waals surface area contributed by atoms with Crippen LogP contribution >= 0.6 is 11.3 Å². The molecule has 5 heteroatoms. The second-order valence-corrected chi connectivity index (χ2v) is 7.03. The Bertz CT molecular complexity index is 1210. The number of H-pyrrole nitrogens is 1. The van der Waals surface area contributed by atoms with Crippen LogP contribution in [-0.4, -0.2) is 15.2 Å². The van der Waals surface area contributed by atoms with Gasteiger partial charge in [0.1, 0.15) is 5.69 Å². The minimum Gasteiger partial charge on any atom is -0.419 e. The first kappa shape index (κ1) is 13.7. The zero-order valence-electron chi connectivity index (χ0n) is 13.4. The summed E-state index contributed by atoms with van der Waals surface area (Å²) in [4.78, 5) is 3.45. The van der Waals surface area contributed by atoms with Crippen LogP contribution in [0.25, 0.3) is 42.7 Å². The number of hydrogen-bond acceptors (Lipinski definition) is 4. The molecule has 24 heavy (non-hydrogen) atoms. The van der Waals surface area contributed by atoms with E-state index in [9.17, 15) is 0 Å². The molecule has 0 saturated heterocycles. The van der Waals surface area contributed by atoms with Gasteiger partial charge in [-0.15, -0.1) is 21.5 Å². The molecule has 0 aliphatic heterocycles. The van der Waals surface area contributed by atoms with Crippen LogP contribution in [0.5, 0.6) is 0 Å². The van der Waals surface area contributed by atoms with Crippen molar-refractivity contribution in [3.8, 4) is 11.6 Å². The zero-order chi connectivity index (χ0) is 16.3. The second kappa shape index (κ2) is 4.92. The molecule has 118 valence electrons. The number of aryl methyl sites for hydroxylation is 2. The highest BCUT2D eigenvalue weighted by Gasteiger charge is 2.15. The number of aromatic amines is 1. The maximum Gasteiger partial charge on any atom is 0.264 e. The molecule has 5 aromatic rings. The Morgan fingerprint density at radius 3 is 2.79 bits per heavy atom. The van der Waals surface area contributed by atoms with Crippen LogP contribution in [0.4, 0.5) is 0 Å². The number of nitrogens with one attached hydrogen (secondary N) is 1. The predicted octanol–water partition coefficient (Wildman–Crippen LogP) is 5.46. The molecule has 0 atom stereocenters. The Hall–Kier alpha value is -2.66. The minimum absolute atomic E-state index is 0.552. The highest BCUT2D eigenvalue weighted by molar-refractivity contribution is 7.26. The highest BCUT2D eigenvalue weighted by Crippen LogP contribution is 2.39. The lowest BCUT2D eigenvalue weighted by molar-refractivity contribution is 0.511. The van der Waals surface area contributed by atoms with Gasteiger partial charge in [0.05, 0.1) is 0 Å². The number of benzene rings is 2. The van der Waals surface area contributed by atoms with Crippen molar-refractivity contribution in [2.75, 3.05) is 0 Å². The zero-order valence-corrected chi connectivity index (χ0v) is 14.2. The third kappa shape index (κ3) is 1.85. The molecule has 0 aliphatic rings. The number of aromatic nitrogens is 3. The fourth-order valence-corrected chi connectivity index (χ4v) is 4.47. The van der Waals surface area contributed by atoms with E-state index in [-0.39, 0.29) is 0 Å². The summed E-state index contributed by atoms with van der Waals surface area (Å²) in [5, 5.41) is 12.0. The van der Waals surface area contributed by atoms with Gasteiger partial charge in [0.2, 0.25) is 5.89 Å². The van der Waals surface area contributed by atoms with Crippen molar-refractivity contribution >= 4 is 42.4 Å². The largest absolute Gasteiger partial charge is 0.419 e. The number of rotatable bonds is 2. The van der Waals surface area contributed by atoms with Crippen molar-refractivity contribution in [1.29, 1.82) is 0 Å². The van der Waals surface area contributed by atoms with Gasteiger partial charge in [-0.25, -0.2) is 0 Å². The maximum atomic E-state index is 5.69. The molecule has 2 aromatic carbocycles. The Morgan fingerprint density at radius 1 is 1.08 bits per heavy atom. The monoisotopic (exact) mass is 333 g/mol. The molecular formula is C19H15N3OS. The van der Waals surface area contributed by atoms with Crippen LogP contribution in [-0.2, 0) is 6.42 Å². The Labute approximate surface area is 142 Å². The van der Waals surface area contributed by atoms with E-state index in [1.54, 1.807) is 0 Å². The van der Waals surface area contributed by atoms with Crippen molar-refractivity contribution < 1.29 is 4.42 Å². The van der Waals surface area contributed by atoms with Gasteiger partial charge in [0, 0.05) is 37.5 Å². The van der Waals surface area contributed by atoms with E-state index in [4.69, 9.17) is 4.42 Å². The quantitative estimate of drug-likeness (QED) is 0.467. The summed E-state index contributed by atoms with van der Waals surface area (Å²) < 4.78 is 8.36. The van der Waals surface area contributed by atoms with Crippen LogP contribution in [0.3, 0.4) is 0 Å². The molecule has 0 radical (unpaired) electrons. The average molecular weight is 333 g/mol. The van der Waals surface area contributed by atoms with Gasteiger partial charge < -0.3 is 9.40 Å². The van der Waals surface area contributed by atoms with Crippen molar-refractivity contribution in [2.45, 2.75) is 20.3 Å². The van der Waals surface area contributed by atoms with Gasteiger partial charge in [0.15, 0.2) is 0 Å². The van der Waals surface area contributed by atoms with E-state index in [1.165, 1.54) is 31.1 Å². The van der Waals surface area contributed by atoms with E-state index in [0.717, 1.165) is 17.6 Å². The highest BCUT2D eigenvalue weighted by atomic mass is 32.1. The summed E-state index contributed by atoms with van der Waals surface area (Å²) in [6.07, 6.45) is 0.744. The van der Waals surface area contributed by atoms with Crippen LogP contribution in [0.1, 0.15) is 18.4 Å². The summed E-state index contributed by atoms with van der Waals surface area (Å²) in [6, 6.07) is 12.9. The van der Waals surface area contributed by atoms with Crippen molar-refractivity contribution in [3.63, 3.8) is 0 Å². The summed E-state index contributed by atoms with van der Waals surface area (Å²) >= 11 is 1.85. The third-order valence-corrected chi connectivity index (χ3v) is 5.82. The number of thiophene rings is 1. The van der Waals surface area contributed by atoms with Crippen molar-refractivity contribution in [3.05, 3.63) is 47.9 Å². The normalized spacial score (nSPS) is 11.9. The molecule has 0 saturated carbocycles. The van der Waals surface area contributed by atoms with E-state index in [2.05, 4.69) is 58.5 Å². The first-order valence-electron chi connectivity index (χ1n) is 8.01. The van der Waals surface area contributed by atoms with Gasteiger partial charge in [-0.3, -0.25) is 0 Å². The lowest BCUT2D eigenvalue weighted by Gasteiger charge is -1.98. The average Bonchev–Trinajstić information content (AvgIpc) is 3.31. The third-order valence-electron chi connectivity index (χ3n) is 4.52. The summed E-state index contributed by atoms with van der Waals surface area (Å²) in [5.41, 5.74) is 3.28. The lowest BCUT2D eigenvalue weighted by atomic mass is 10.1. The Morgan fingerprint density at radius 2 is 1.96 bits per heavy atom. The Kier molecular flexibility index (Phi) is 2.82. The second-order valence-electron chi connectivity index (χ2n) is 5.98. The van der Waals surface area contributed by atoms with E-state index in [0.29, 0.717) is 11.8 Å². The van der Waals surface area contributed by atoms with Gasteiger partial charge >= 0.3 is 0 Å². The Balaban J connectivity index is 1.80. The maximum absolute atomic E-state index is 5.69. The minimum atomic E-state index is 0.552. The first-order chi connectivity index (χ1) is 11.7. The molecule has 1 N–H and O–H groups in total. The molecule has 0 spiro atoms. The molecule has 0 fully saturated rings.